The van der Waals surface area contributed by atoms with E-state index in [0.29, 0.717) is 12.1 Å². The minimum absolute atomic E-state index is 0.00505. The van der Waals surface area contributed by atoms with E-state index in [9.17, 15) is 9.59 Å². The van der Waals surface area contributed by atoms with Crippen molar-refractivity contribution in [1.82, 2.24) is 10.2 Å². The lowest BCUT2D eigenvalue weighted by molar-refractivity contribution is 0.0657. The lowest BCUT2D eigenvalue weighted by Gasteiger charge is -2.32. The summed E-state index contributed by atoms with van der Waals surface area (Å²) in [6, 6.07) is 5.68. The zero-order valence-electron chi connectivity index (χ0n) is 13.4. The first-order valence-electron chi connectivity index (χ1n) is 7.92. The van der Waals surface area contributed by atoms with Gasteiger partial charge >= 0.3 is 5.97 Å². The molecule has 128 valence electrons. The fraction of sp³-hybridized carbons (Fsp3) is 0.412. The summed E-state index contributed by atoms with van der Waals surface area (Å²) in [6.45, 7) is 4.18. The number of carboxylic acids is 1. The van der Waals surface area contributed by atoms with Crippen LogP contribution < -0.4 is 5.32 Å². The van der Waals surface area contributed by atoms with Gasteiger partial charge in [-0.2, -0.15) is 0 Å². The Morgan fingerprint density at radius 2 is 2.08 bits per heavy atom. The molecule has 24 heavy (non-hydrogen) atoms. The van der Waals surface area contributed by atoms with E-state index < -0.39 is 5.97 Å². The maximum Gasteiger partial charge on any atom is 0.372 e. The standard InChI is InChI=1S/C17H20N2O4S/c1-11-2-3-14(24-11)16(20)18-13-4-7-19(8-5-13)10-12-6-9-23-15(12)17(21)22/h2-3,6,9,13H,4-5,7-8,10H2,1H3,(H,18,20)(H,21,22). The number of amides is 1. The van der Waals surface area contributed by atoms with Gasteiger partial charge in [-0.05, 0) is 38.0 Å². The highest BCUT2D eigenvalue weighted by molar-refractivity contribution is 7.13. The summed E-state index contributed by atoms with van der Waals surface area (Å²) in [6.07, 6.45) is 3.13. The molecule has 7 heteroatoms. The molecule has 3 rings (SSSR count). The maximum atomic E-state index is 12.2. The van der Waals surface area contributed by atoms with Gasteiger partial charge in [0.05, 0.1) is 11.1 Å². The van der Waals surface area contributed by atoms with Gasteiger partial charge < -0.3 is 14.8 Å². The third-order valence-electron chi connectivity index (χ3n) is 4.22. The van der Waals surface area contributed by atoms with Gasteiger partial charge in [0.1, 0.15) is 0 Å². The molecule has 0 radical (unpaired) electrons. The molecule has 0 unspecified atom stereocenters. The van der Waals surface area contributed by atoms with E-state index in [1.54, 1.807) is 6.07 Å². The Labute approximate surface area is 144 Å². The van der Waals surface area contributed by atoms with Crippen molar-refractivity contribution in [3.8, 4) is 0 Å². The second-order valence-corrected chi connectivity index (χ2v) is 7.30. The third kappa shape index (κ3) is 3.85. The minimum atomic E-state index is -1.04. The molecule has 2 aromatic rings. The van der Waals surface area contributed by atoms with Crippen molar-refractivity contribution in [2.75, 3.05) is 13.1 Å². The van der Waals surface area contributed by atoms with E-state index in [4.69, 9.17) is 9.52 Å². The number of rotatable bonds is 5. The number of hydrogen-bond donors (Lipinski definition) is 2. The lowest BCUT2D eigenvalue weighted by atomic mass is 10.0. The Balaban J connectivity index is 1.50. The van der Waals surface area contributed by atoms with E-state index >= 15 is 0 Å². The second-order valence-electron chi connectivity index (χ2n) is 6.01. The van der Waals surface area contributed by atoms with Gasteiger partial charge in [0.25, 0.3) is 5.91 Å². The predicted molar refractivity (Wildman–Crippen MR) is 90.5 cm³/mol. The topological polar surface area (TPSA) is 82.8 Å². The average molecular weight is 348 g/mol. The molecule has 0 saturated carbocycles. The number of carbonyl (C=O) groups excluding carboxylic acids is 1. The fourth-order valence-corrected chi connectivity index (χ4v) is 3.71. The van der Waals surface area contributed by atoms with Gasteiger partial charge in [-0.15, -0.1) is 11.3 Å². The molecular formula is C17H20N2O4S. The van der Waals surface area contributed by atoms with Gasteiger partial charge in [-0.25, -0.2) is 4.79 Å². The van der Waals surface area contributed by atoms with Crippen LogP contribution in [-0.4, -0.2) is 41.0 Å². The Kier molecular flexibility index (Phi) is 5.01. The second kappa shape index (κ2) is 7.19. The van der Waals surface area contributed by atoms with Crippen LogP contribution >= 0.6 is 11.3 Å². The molecular weight excluding hydrogens is 328 g/mol. The van der Waals surface area contributed by atoms with Crippen molar-refractivity contribution in [2.45, 2.75) is 32.4 Å². The van der Waals surface area contributed by atoms with Gasteiger partial charge in [-0.3, -0.25) is 9.69 Å². The normalized spacial score (nSPS) is 16.2. The van der Waals surface area contributed by atoms with E-state index in [2.05, 4.69) is 10.2 Å². The van der Waals surface area contributed by atoms with Gasteiger partial charge in [0.2, 0.25) is 5.76 Å². The van der Waals surface area contributed by atoms with Crippen LogP contribution in [0.2, 0.25) is 0 Å². The van der Waals surface area contributed by atoms with Crippen LogP contribution in [0, 0.1) is 6.92 Å². The highest BCUT2D eigenvalue weighted by Gasteiger charge is 2.23. The predicted octanol–water partition coefficient (Wildman–Crippen LogP) is 2.74. The Hall–Kier alpha value is -2.12. The number of carbonyl (C=O) groups is 2. The van der Waals surface area contributed by atoms with Crippen LogP contribution in [-0.2, 0) is 6.54 Å². The van der Waals surface area contributed by atoms with Gasteiger partial charge in [0, 0.05) is 36.1 Å². The summed E-state index contributed by atoms with van der Waals surface area (Å²) in [7, 11) is 0. The number of furan rings is 1. The highest BCUT2D eigenvalue weighted by Crippen LogP contribution is 2.19. The van der Waals surface area contributed by atoms with E-state index in [1.807, 2.05) is 19.1 Å². The van der Waals surface area contributed by atoms with Crippen molar-refractivity contribution >= 4 is 23.2 Å². The molecule has 1 amide bonds. The molecule has 1 aliphatic heterocycles. The minimum Gasteiger partial charge on any atom is -0.475 e. The van der Waals surface area contributed by atoms with Crippen LogP contribution in [0.25, 0.3) is 0 Å². The number of aromatic carboxylic acids is 1. The summed E-state index contributed by atoms with van der Waals surface area (Å²) in [4.78, 5) is 27.3. The molecule has 3 heterocycles. The largest absolute Gasteiger partial charge is 0.475 e. The van der Waals surface area contributed by atoms with E-state index in [0.717, 1.165) is 35.7 Å². The van der Waals surface area contributed by atoms with E-state index in [1.165, 1.54) is 17.6 Å². The average Bonchev–Trinajstić information content (AvgIpc) is 3.18. The van der Waals surface area contributed by atoms with Crippen molar-refractivity contribution in [3.05, 3.63) is 45.5 Å². The van der Waals surface area contributed by atoms with Crippen LogP contribution in [0.1, 0.15) is 43.5 Å². The summed E-state index contributed by atoms with van der Waals surface area (Å²) in [5.74, 6) is -1.03. The number of hydrogen-bond acceptors (Lipinski definition) is 5. The Morgan fingerprint density at radius 3 is 2.71 bits per heavy atom. The first-order chi connectivity index (χ1) is 11.5. The maximum absolute atomic E-state index is 12.2. The Morgan fingerprint density at radius 1 is 1.33 bits per heavy atom. The third-order valence-corrected chi connectivity index (χ3v) is 5.22. The van der Waals surface area contributed by atoms with Crippen LogP contribution in [0.15, 0.2) is 28.9 Å². The molecule has 1 fully saturated rings. The van der Waals surface area contributed by atoms with Crippen molar-refractivity contribution < 1.29 is 19.1 Å². The Bertz CT molecular complexity index is 729. The highest BCUT2D eigenvalue weighted by atomic mass is 32.1. The molecule has 1 aliphatic rings. The van der Waals surface area contributed by atoms with Gasteiger partial charge in [-0.1, -0.05) is 0 Å². The number of thiophene rings is 1. The zero-order valence-corrected chi connectivity index (χ0v) is 14.3. The molecule has 0 spiro atoms. The summed E-state index contributed by atoms with van der Waals surface area (Å²) >= 11 is 1.50. The molecule has 0 aromatic carbocycles. The number of carboxylic acid groups (broad SMARTS) is 1. The number of piperidine rings is 1. The monoisotopic (exact) mass is 348 g/mol. The molecule has 0 atom stereocenters. The zero-order chi connectivity index (χ0) is 17.1. The number of nitrogens with zero attached hydrogens (tertiary/aromatic N) is 1. The van der Waals surface area contributed by atoms with Crippen LogP contribution in [0.5, 0.6) is 0 Å². The van der Waals surface area contributed by atoms with Crippen LogP contribution in [0.3, 0.4) is 0 Å². The van der Waals surface area contributed by atoms with Crippen molar-refractivity contribution in [3.63, 3.8) is 0 Å². The first-order valence-corrected chi connectivity index (χ1v) is 8.74. The van der Waals surface area contributed by atoms with Crippen molar-refractivity contribution in [2.24, 2.45) is 0 Å². The quantitative estimate of drug-likeness (QED) is 0.868. The number of nitrogens with one attached hydrogen (secondary N) is 1. The molecule has 0 bridgehead atoms. The first kappa shape index (κ1) is 16.7. The van der Waals surface area contributed by atoms with Crippen LogP contribution in [0.4, 0.5) is 0 Å². The lowest BCUT2D eigenvalue weighted by Crippen LogP contribution is -2.44. The van der Waals surface area contributed by atoms with E-state index in [-0.39, 0.29) is 17.7 Å². The SMILES string of the molecule is Cc1ccc(C(=O)NC2CCN(Cc3ccoc3C(=O)O)CC2)s1. The smallest absolute Gasteiger partial charge is 0.372 e. The molecule has 2 aromatic heterocycles. The summed E-state index contributed by atoms with van der Waals surface area (Å²) in [5.41, 5.74) is 0.694. The number of likely N-dealkylation sites (tertiary alicyclic amines) is 1. The molecule has 6 nitrogen and oxygen atoms in total. The molecule has 0 aliphatic carbocycles. The van der Waals surface area contributed by atoms with Gasteiger partial charge in [0.15, 0.2) is 0 Å². The fourth-order valence-electron chi connectivity index (χ4n) is 2.94. The van der Waals surface area contributed by atoms with Crippen molar-refractivity contribution in [1.29, 1.82) is 0 Å². The summed E-state index contributed by atoms with van der Waals surface area (Å²) in [5, 5.41) is 12.2. The molecule has 1 saturated heterocycles. The molecule has 2 N–H and O–H groups in total. The summed E-state index contributed by atoms with van der Waals surface area (Å²) < 4.78 is 5.01. The number of aryl methyl sites for hydroxylation is 1.